The third kappa shape index (κ3) is 8.25. The van der Waals surface area contributed by atoms with E-state index in [2.05, 4.69) is 19.1 Å². The molecule has 0 rings (SSSR count). The molecule has 2 atom stereocenters. The molecule has 0 aliphatic carbocycles. The predicted molar refractivity (Wildman–Crippen MR) is 70.7 cm³/mol. The molecule has 0 aromatic heterocycles. The zero-order valence-corrected chi connectivity index (χ0v) is 12.1. The zero-order chi connectivity index (χ0) is 14.2. The van der Waals surface area contributed by atoms with E-state index in [0.29, 0.717) is 17.6 Å². The average molecular weight is 257 g/mol. The summed E-state index contributed by atoms with van der Waals surface area (Å²) in [6, 6.07) is 0. The van der Waals surface area contributed by atoms with E-state index in [9.17, 15) is 15.0 Å². The second-order valence-corrected chi connectivity index (χ2v) is 5.63. The Morgan fingerprint density at radius 3 is 2.44 bits per heavy atom. The molecule has 4 nitrogen and oxygen atoms in total. The number of aliphatic hydroxyl groups is 1. The van der Waals surface area contributed by atoms with Crippen molar-refractivity contribution < 1.29 is 19.5 Å². The van der Waals surface area contributed by atoms with E-state index in [1.54, 1.807) is 6.92 Å². The number of rotatable bonds is 9. The van der Waals surface area contributed by atoms with E-state index in [1.807, 2.05) is 14.1 Å². The molecule has 4 heteroatoms. The topological polar surface area (TPSA) is 60.4 Å². The van der Waals surface area contributed by atoms with Crippen molar-refractivity contribution in [2.24, 2.45) is 5.92 Å². The van der Waals surface area contributed by atoms with Crippen LogP contribution in [0.1, 0.15) is 33.1 Å². The van der Waals surface area contributed by atoms with Crippen molar-refractivity contribution in [3.63, 3.8) is 0 Å². The zero-order valence-electron chi connectivity index (χ0n) is 12.1. The van der Waals surface area contributed by atoms with Crippen molar-refractivity contribution >= 4 is 5.97 Å². The van der Waals surface area contributed by atoms with E-state index < -0.39 is 18.0 Å². The average Bonchev–Trinajstić information content (AvgIpc) is 2.22. The van der Waals surface area contributed by atoms with Crippen LogP contribution in [0.5, 0.6) is 0 Å². The van der Waals surface area contributed by atoms with E-state index in [0.717, 1.165) is 19.3 Å². The lowest BCUT2D eigenvalue weighted by atomic mass is 10.1. The van der Waals surface area contributed by atoms with Crippen molar-refractivity contribution in [2.75, 3.05) is 27.2 Å². The third-order valence-electron chi connectivity index (χ3n) is 2.94. The molecule has 18 heavy (non-hydrogen) atoms. The van der Waals surface area contributed by atoms with Gasteiger partial charge in [-0.25, -0.2) is 0 Å². The third-order valence-corrected chi connectivity index (χ3v) is 2.94. The van der Waals surface area contributed by atoms with Gasteiger partial charge in [0.15, 0.2) is 0 Å². The monoisotopic (exact) mass is 257 g/mol. The Morgan fingerprint density at radius 2 is 1.94 bits per heavy atom. The highest BCUT2D eigenvalue weighted by molar-refractivity contribution is 5.67. The lowest BCUT2D eigenvalue weighted by Crippen LogP contribution is -2.50. The van der Waals surface area contributed by atoms with Gasteiger partial charge in [0.25, 0.3) is 0 Å². The number of carboxylic acids is 1. The smallest absolute Gasteiger partial charge is 0.105 e. The van der Waals surface area contributed by atoms with Gasteiger partial charge in [0.2, 0.25) is 0 Å². The molecule has 0 amide bonds. The molecule has 0 spiro atoms. The van der Waals surface area contributed by atoms with Gasteiger partial charge < -0.3 is 19.5 Å². The van der Waals surface area contributed by atoms with Crippen LogP contribution in [0, 0.1) is 5.92 Å². The van der Waals surface area contributed by atoms with Crippen LogP contribution < -0.4 is 5.11 Å². The van der Waals surface area contributed by atoms with Crippen molar-refractivity contribution in [3.05, 3.63) is 12.2 Å². The Bertz CT molecular complexity index is 274. The molecule has 0 heterocycles. The van der Waals surface area contributed by atoms with Crippen molar-refractivity contribution in [3.8, 4) is 0 Å². The largest absolute Gasteiger partial charge is 0.550 e. The number of allylic oxidation sites excluding steroid dienone is 2. The highest BCUT2D eigenvalue weighted by atomic mass is 16.4. The summed E-state index contributed by atoms with van der Waals surface area (Å²) in [5.74, 6) is -1.52. The number of aliphatic carboxylic acids is 1. The Balaban J connectivity index is 4.06. The number of carboxylic acid groups (broad SMARTS) is 1. The van der Waals surface area contributed by atoms with Gasteiger partial charge in [-0.3, -0.25) is 0 Å². The van der Waals surface area contributed by atoms with Crippen molar-refractivity contribution in [1.29, 1.82) is 0 Å². The Labute approximate surface area is 111 Å². The number of nitrogens with zero attached hydrogens (tertiary/aromatic N) is 1. The number of hydrogen-bond acceptors (Lipinski definition) is 3. The van der Waals surface area contributed by atoms with Gasteiger partial charge in [0.05, 0.1) is 20.6 Å². The maximum absolute atomic E-state index is 10.7. The number of likely N-dealkylation sites (N-methyl/N-ethyl adjacent to an activating group) is 1. The summed E-state index contributed by atoms with van der Waals surface area (Å²) in [6.45, 7) is 4.77. The maximum Gasteiger partial charge on any atom is 0.105 e. The fourth-order valence-electron chi connectivity index (χ4n) is 2.13. The second-order valence-electron chi connectivity index (χ2n) is 5.63. The SMILES string of the molecule is CC/C=C/CCC(O)C[N+](C)(C)CC(C)C(=O)[O-]. The standard InChI is InChI=1S/C14H27NO3/c1-5-6-7-8-9-13(16)11-15(3,4)10-12(2)14(17)18/h6-7,12-13,16H,5,8-11H2,1-4H3/b7-6+. The Kier molecular flexibility index (Phi) is 7.87. The number of quaternary nitrogens is 1. The van der Waals surface area contributed by atoms with Crippen LogP contribution in [0.15, 0.2) is 12.2 Å². The van der Waals surface area contributed by atoms with Crippen molar-refractivity contribution in [1.82, 2.24) is 0 Å². The normalized spacial score (nSPS) is 15.8. The van der Waals surface area contributed by atoms with Crippen LogP contribution in [0.4, 0.5) is 0 Å². The van der Waals surface area contributed by atoms with Crippen LogP contribution in [0.2, 0.25) is 0 Å². The van der Waals surface area contributed by atoms with E-state index in [1.165, 1.54) is 0 Å². The molecule has 0 aliphatic rings. The molecular formula is C14H27NO3. The first-order valence-electron chi connectivity index (χ1n) is 6.64. The fourth-order valence-corrected chi connectivity index (χ4v) is 2.13. The number of carbonyl (C=O) groups is 1. The molecular weight excluding hydrogens is 230 g/mol. The summed E-state index contributed by atoms with van der Waals surface area (Å²) in [7, 11) is 3.87. The van der Waals surface area contributed by atoms with Gasteiger partial charge >= 0.3 is 0 Å². The number of hydrogen-bond donors (Lipinski definition) is 1. The van der Waals surface area contributed by atoms with Crippen LogP contribution in [0.25, 0.3) is 0 Å². The Hall–Kier alpha value is -0.870. The molecule has 0 saturated heterocycles. The summed E-state index contributed by atoms with van der Waals surface area (Å²) < 4.78 is 0.494. The molecule has 0 radical (unpaired) electrons. The molecule has 0 saturated carbocycles. The maximum atomic E-state index is 10.7. The summed E-state index contributed by atoms with van der Waals surface area (Å²) in [6.07, 6.45) is 6.37. The molecule has 1 N–H and O–H groups in total. The minimum absolute atomic E-state index is 0.393. The second kappa shape index (κ2) is 8.27. The van der Waals surface area contributed by atoms with Crippen LogP contribution in [-0.4, -0.2) is 48.8 Å². The Morgan fingerprint density at radius 1 is 1.33 bits per heavy atom. The summed E-state index contributed by atoms with van der Waals surface area (Å²) >= 11 is 0. The highest BCUT2D eigenvalue weighted by Gasteiger charge is 2.23. The minimum Gasteiger partial charge on any atom is -0.550 e. The van der Waals surface area contributed by atoms with Gasteiger partial charge in [-0.15, -0.1) is 0 Å². The predicted octanol–water partition coefficient (Wildman–Crippen LogP) is 0.556. The van der Waals surface area contributed by atoms with Gasteiger partial charge in [0, 0.05) is 11.9 Å². The molecule has 0 aromatic carbocycles. The first-order chi connectivity index (χ1) is 8.28. The summed E-state index contributed by atoms with van der Waals surface area (Å²) in [5.41, 5.74) is 0. The molecule has 0 aromatic rings. The number of carbonyl (C=O) groups excluding carboxylic acids is 1. The lowest BCUT2D eigenvalue weighted by molar-refractivity contribution is -0.895. The molecule has 2 unspecified atom stereocenters. The molecule has 0 bridgehead atoms. The first kappa shape index (κ1) is 17.1. The minimum atomic E-state index is -1.03. The van der Waals surface area contributed by atoms with E-state index in [-0.39, 0.29) is 0 Å². The summed E-state index contributed by atoms with van der Waals surface area (Å²) in [4.78, 5) is 10.7. The number of aliphatic hydroxyl groups excluding tert-OH is 1. The first-order valence-corrected chi connectivity index (χ1v) is 6.64. The highest BCUT2D eigenvalue weighted by Crippen LogP contribution is 2.09. The summed E-state index contributed by atoms with van der Waals surface area (Å²) in [5, 5.41) is 20.6. The van der Waals surface area contributed by atoms with Gasteiger partial charge in [0.1, 0.15) is 12.6 Å². The molecule has 0 aliphatic heterocycles. The van der Waals surface area contributed by atoms with E-state index >= 15 is 0 Å². The quantitative estimate of drug-likeness (QED) is 0.485. The molecule has 0 fully saturated rings. The van der Waals surface area contributed by atoms with Gasteiger partial charge in [-0.2, -0.15) is 0 Å². The van der Waals surface area contributed by atoms with Crippen LogP contribution in [0.3, 0.4) is 0 Å². The molecule has 106 valence electrons. The van der Waals surface area contributed by atoms with Crippen LogP contribution in [-0.2, 0) is 4.79 Å². The lowest BCUT2D eigenvalue weighted by Gasteiger charge is -2.34. The fraction of sp³-hybridized carbons (Fsp3) is 0.786. The van der Waals surface area contributed by atoms with E-state index in [4.69, 9.17) is 0 Å². The van der Waals surface area contributed by atoms with Gasteiger partial charge in [-0.1, -0.05) is 26.0 Å². The van der Waals surface area contributed by atoms with Crippen LogP contribution >= 0.6 is 0 Å². The van der Waals surface area contributed by atoms with Crippen molar-refractivity contribution in [2.45, 2.75) is 39.2 Å². The van der Waals surface area contributed by atoms with Gasteiger partial charge in [-0.05, 0) is 19.3 Å².